The maximum atomic E-state index is 12.4. The molecular formula is C24H22N4O4S. The zero-order valence-electron chi connectivity index (χ0n) is 18.6. The molecule has 0 spiro atoms. The molecule has 0 radical (unpaired) electrons. The van der Waals surface area contributed by atoms with Gasteiger partial charge in [0.05, 0.1) is 30.5 Å². The fourth-order valence-corrected chi connectivity index (χ4v) is 4.90. The van der Waals surface area contributed by atoms with Crippen LogP contribution in [0, 0.1) is 6.92 Å². The molecule has 0 saturated carbocycles. The largest absolute Gasteiger partial charge is 0.493 e. The zero-order valence-corrected chi connectivity index (χ0v) is 19.4. The summed E-state index contributed by atoms with van der Waals surface area (Å²) in [5, 5.41) is 11.6. The summed E-state index contributed by atoms with van der Waals surface area (Å²) >= 11 is 1.52. The normalized spacial score (nSPS) is 15.5. The number of ether oxygens (including phenoxy) is 3. The van der Waals surface area contributed by atoms with Crippen LogP contribution in [0.3, 0.4) is 0 Å². The van der Waals surface area contributed by atoms with Crippen LogP contribution in [0.5, 0.6) is 11.5 Å². The molecule has 5 rings (SSSR count). The van der Waals surface area contributed by atoms with Gasteiger partial charge in [0.25, 0.3) is 5.90 Å². The minimum Gasteiger partial charge on any atom is -0.493 e. The van der Waals surface area contributed by atoms with E-state index in [9.17, 15) is 4.79 Å². The van der Waals surface area contributed by atoms with Crippen LogP contribution in [-0.2, 0) is 9.53 Å². The molecule has 0 fully saturated rings. The molecule has 2 aromatic heterocycles. The van der Waals surface area contributed by atoms with Crippen molar-refractivity contribution in [3.8, 4) is 17.2 Å². The number of thiophene rings is 1. The lowest BCUT2D eigenvalue weighted by molar-refractivity contribution is -0.135. The quantitative estimate of drug-likeness (QED) is 0.431. The first-order valence-electron chi connectivity index (χ1n) is 10.3. The van der Waals surface area contributed by atoms with Crippen LogP contribution in [0.25, 0.3) is 15.9 Å². The number of aromatic nitrogens is 2. The van der Waals surface area contributed by atoms with Crippen LogP contribution in [0.1, 0.15) is 29.3 Å². The van der Waals surface area contributed by atoms with Crippen LogP contribution in [0.15, 0.2) is 59.7 Å². The number of rotatable bonds is 5. The van der Waals surface area contributed by atoms with Crippen molar-refractivity contribution < 1.29 is 19.0 Å². The lowest BCUT2D eigenvalue weighted by Gasteiger charge is -2.20. The summed E-state index contributed by atoms with van der Waals surface area (Å²) in [5.41, 5.74) is 2.62. The smallest absolute Gasteiger partial charge is 0.251 e. The monoisotopic (exact) mass is 462 g/mol. The minimum atomic E-state index is -0.700. The Hall–Kier alpha value is -3.85. The van der Waals surface area contributed by atoms with E-state index < -0.39 is 6.23 Å². The molecule has 1 unspecified atom stereocenters. The Labute approximate surface area is 194 Å². The third kappa shape index (κ3) is 3.60. The molecule has 1 amide bonds. The van der Waals surface area contributed by atoms with Gasteiger partial charge in [0, 0.05) is 17.9 Å². The molecule has 168 valence electrons. The standard InChI is InChI=1S/C24H22N4O4S/c1-14-18-13-21(33-24(18)28(25-14)17-8-6-5-7-9-17)22-26-27(15(2)29)23(32-22)16-10-11-19(30-3)20(12-16)31-4/h5-13,23H,1-4H3. The highest BCUT2D eigenvalue weighted by molar-refractivity contribution is 7.20. The van der Waals surface area contributed by atoms with Gasteiger partial charge in [0.2, 0.25) is 12.1 Å². The zero-order chi connectivity index (χ0) is 23.1. The summed E-state index contributed by atoms with van der Waals surface area (Å²) in [6.07, 6.45) is -0.700. The van der Waals surface area contributed by atoms with Crippen molar-refractivity contribution in [3.63, 3.8) is 0 Å². The van der Waals surface area contributed by atoms with Gasteiger partial charge in [-0.05, 0) is 43.3 Å². The molecule has 9 heteroatoms. The van der Waals surface area contributed by atoms with Crippen LogP contribution in [-0.4, -0.2) is 40.8 Å². The average molecular weight is 463 g/mol. The second kappa shape index (κ2) is 8.25. The first-order chi connectivity index (χ1) is 16.0. The highest BCUT2D eigenvalue weighted by Crippen LogP contribution is 2.38. The molecule has 4 aromatic rings. The Morgan fingerprint density at radius 3 is 2.52 bits per heavy atom. The minimum absolute atomic E-state index is 0.225. The van der Waals surface area contributed by atoms with Crippen molar-refractivity contribution in [2.75, 3.05) is 14.2 Å². The van der Waals surface area contributed by atoms with Crippen LogP contribution in [0.2, 0.25) is 0 Å². The van der Waals surface area contributed by atoms with Crippen LogP contribution < -0.4 is 9.47 Å². The van der Waals surface area contributed by atoms with Gasteiger partial charge < -0.3 is 14.2 Å². The molecular weight excluding hydrogens is 440 g/mol. The van der Waals surface area contributed by atoms with E-state index in [1.54, 1.807) is 26.4 Å². The number of hydrazone groups is 1. The van der Waals surface area contributed by atoms with Gasteiger partial charge in [-0.2, -0.15) is 10.1 Å². The van der Waals surface area contributed by atoms with Crippen LogP contribution in [0.4, 0.5) is 0 Å². The number of methoxy groups -OCH3 is 2. The first kappa shape index (κ1) is 21.0. The van der Waals surface area contributed by atoms with Gasteiger partial charge >= 0.3 is 0 Å². The SMILES string of the molecule is COc1ccc(C2OC(c3cc4c(C)nn(-c5ccccc5)c4s3)=NN2C(C)=O)cc1OC. The van der Waals surface area contributed by atoms with Crippen molar-refractivity contribution in [2.24, 2.45) is 5.10 Å². The number of para-hydroxylation sites is 1. The number of fused-ring (bicyclic) bond motifs is 1. The molecule has 0 N–H and O–H groups in total. The topological polar surface area (TPSA) is 78.2 Å². The summed E-state index contributed by atoms with van der Waals surface area (Å²) in [6, 6.07) is 17.4. The Morgan fingerprint density at radius 1 is 1.06 bits per heavy atom. The number of carbonyl (C=O) groups excluding carboxylic acids is 1. The van der Waals surface area contributed by atoms with Crippen molar-refractivity contribution in [1.82, 2.24) is 14.8 Å². The van der Waals surface area contributed by atoms with E-state index in [0.29, 0.717) is 17.4 Å². The maximum Gasteiger partial charge on any atom is 0.251 e. The Morgan fingerprint density at radius 2 is 1.82 bits per heavy atom. The molecule has 1 aliphatic rings. The van der Waals surface area contributed by atoms with Crippen molar-refractivity contribution >= 4 is 33.4 Å². The molecule has 2 aromatic carbocycles. The molecule has 1 atom stereocenters. The summed E-state index contributed by atoms with van der Waals surface area (Å²) in [7, 11) is 3.14. The number of hydrogen-bond donors (Lipinski definition) is 0. The van der Waals surface area contributed by atoms with Crippen molar-refractivity contribution in [3.05, 3.63) is 70.7 Å². The van der Waals surface area contributed by atoms with E-state index in [4.69, 9.17) is 14.2 Å². The molecule has 0 saturated heterocycles. The van der Waals surface area contributed by atoms with Gasteiger partial charge in [-0.1, -0.05) is 18.2 Å². The van der Waals surface area contributed by atoms with E-state index in [0.717, 1.165) is 32.0 Å². The highest BCUT2D eigenvalue weighted by Gasteiger charge is 2.34. The van der Waals surface area contributed by atoms with E-state index in [-0.39, 0.29) is 5.91 Å². The summed E-state index contributed by atoms with van der Waals surface area (Å²) in [6.45, 7) is 3.44. The van der Waals surface area contributed by atoms with Gasteiger partial charge in [0.1, 0.15) is 4.83 Å². The number of nitrogens with zero attached hydrogens (tertiary/aromatic N) is 4. The Bertz CT molecular complexity index is 1380. The van der Waals surface area contributed by atoms with E-state index in [1.165, 1.54) is 23.3 Å². The fraction of sp³-hybridized carbons (Fsp3) is 0.208. The predicted octanol–water partition coefficient (Wildman–Crippen LogP) is 4.65. The van der Waals surface area contributed by atoms with E-state index in [2.05, 4.69) is 10.2 Å². The van der Waals surface area contributed by atoms with Gasteiger partial charge in [-0.25, -0.2) is 4.68 Å². The molecule has 0 bridgehead atoms. The molecule has 1 aliphatic heterocycles. The van der Waals surface area contributed by atoms with E-state index >= 15 is 0 Å². The first-order valence-corrected chi connectivity index (χ1v) is 11.1. The lowest BCUT2D eigenvalue weighted by Crippen LogP contribution is -2.25. The summed E-state index contributed by atoms with van der Waals surface area (Å²) < 4.78 is 18.9. The van der Waals surface area contributed by atoms with Gasteiger partial charge in [0.15, 0.2) is 11.5 Å². The Kier molecular flexibility index (Phi) is 5.26. The number of aryl methyl sites for hydroxylation is 1. The molecule has 3 heterocycles. The maximum absolute atomic E-state index is 12.4. The number of carbonyl (C=O) groups is 1. The second-order valence-electron chi connectivity index (χ2n) is 7.52. The highest BCUT2D eigenvalue weighted by atomic mass is 32.1. The molecule has 0 aliphatic carbocycles. The van der Waals surface area contributed by atoms with Gasteiger partial charge in [-0.3, -0.25) is 4.79 Å². The third-order valence-corrected chi connectivity index (χ3v) is 6.51. The Balaban J connectivity index is 1.53. The average Bonchev–Trinajstić information content (AvgIpc) is 3.54. The van der Waals surface area contributed by atoms with Crippen molar-refractivity contribution in [1.29, 1.82) is 0 Å². The number of amides is 1. The van der Waals surface area contributed by atoms with E-state index in [1.807, 2.05) is 54.1 Å². The lowest BCUT2D eigenvalue weighted by atomic mass is 10.1. The summed E-state index contributed by atoms with van der Waals surface area (Å²) in [5.74, 6) is 1.32. The number of benzene rings is 2. The third-order valence-electron chi connectivity index (χ3n) is 5.42. The van der Waals surface area contributed by atoms with Crippen molar-refractivity contribution in [2.45, 2.75) is 20.1 Å². The molecule has 33 heavy (non-hydrogen) atoms. The second-order valence-corrected chi connectivity index (χ2v) is 8.55. The van der Waals surface area contributed by atoms with Crippen LogP contribution >= 0.6 is 11.3 Å². The number of hydrogen-bond acceptors (Lipinski definition) is 7. The molecule has 8 nitrogen and oxygen atoms in total. The predicted molar refractivity (Wildman–Crippen MR) is 126 cm³/mol. The fourth-order valence-electron chi connectivity index (χ4n) is 3.78. The summed E-state index contributed by atoms with van der Waals surface area (Å²) in [4.78, 5) is 14.2. The van der Waals surface area contributed by atoms with Gasteiger partial charge in [-0.15, -0.1) is 16.4 Å².